The fraction of sp³-hybridized carbons (Fsp3) is 0.667. The smallest absolute Gasteiger partial charge is 0.0649 e. The van der Waals surface area contributed by atoms with Crippen molar-refractivity contribution >= 4 is 0 Å². The first-order valence-electron chi connectivity index (χ1n) is 7.80. The highest BCUT2D eigenvalue weighted by molar-refractivity contribution is 5.41. The van der Waals surface area contributed by atoms with Crippen LogP contribution in [-0.2, 0) is 16.6 Å². The maximum absolute atomic E-state index is 6.04. The van der Waals surface area contributed by atoms with Gasteiger partial charge in [-0.2, -0.15) is 0 Å². The van der Waals surface area contributed by atoms with Crippen molar-refractivity contribution in [3.63, 3.8) is 0 Å². The lowest BCUT2D eigenvalue weighted by Gasteiger charge is -2.47. The predicted octanol–water partition coefficient (Wildman–Crippen LogP) is 4.65. The van der Waals surface area contributed by atoms with Crippen LogP contribution in [0.15, 0.2) is 18.2 Å². The molecular formula is C18H28O. The summed E-state index contributed by atoms with van der Waals surface area (Å²) in [5.74, 6) is 0.594. The zero-order valence-corrected chi connectivity index (χ0v) is 13.1. The first kappa shape index (κ1) is 14.6. The molecule has 0 fully saturated rings. The first-order valence-corrected chi connectivity index (χ1v) is 7.80. The van der Waals surface area contributed by atoms with Crippen LogP contribution in [0, 0.1) is 12.8 Å². The fourth-order valence-electron chi connectivity index (χ4n) is 4.02. The summed E-state index contributed by atoms with van der Waals surface area (Å²) in [6, 6.07) is 6.98. The second kappa shape index (κ2) is 5.66. The van der Waals surface area contributed by atoms with Crippen molar-refractivity contribution in [2.24, 2.45) is 5.92 Å². The molecule has 0 N–H and O–H groups in total. The Labute approximate surface area is 118 Å². The number of fused-ring (bicyclic) bond motifs is 1. The average molecular weight is 260 g/mol. The zero-order valence-electron chi connectivity index (χ0n) is 13.1. The van der Waals surface area contributed by atoms with E-state index in [0.29, 0.717) is 17.4 Å². The van der Waals surface area contributed by atoms with Crippen LogP contribution in [0.25, 0.3) is 0 Å². The molecule has 106 valence electrons. The van der Waals surface area contributed by atoms with Crippen LogP contribution in [-0.4, -0.2) is 12.7 Å². The normalized spacial score (nSPS) is 25.1. The Morgan fingerprint density at radius 3 is 2.47 bits per heavy atom. The monoisotopic (exact) mass is 260 g/mol. The van der Waals surface area contributed by atoms with Crippen LogP contribution in [0.3, 0.4) is 0 Å². The van der Waals surface area contributed by atoms with E-state index in [-0.39, 0.29) is 0 Å². The Morgan fingerprint density at radius 2 is 1.89 bits per heavy atom. The van der Waals surface area contributed by atoms with Gasteiger partial charge in [-0.15, -0.1) is 0 Å². The minimum absolute atomic E-state index is 0.291. The molecule has 1 nitrogen and oxygen atoms in total. The Kier molecular flexibility index (Phi) is 4.35. The van der Waals surface area contributed by atoms with Gasteiger partial charge in [-0.3, -0.25) is 0 Å². The van der Waals surface area contributed by atoms with Gasteiger partial charge in [-0.25, -0.2) is 0 Å². The summed E-state index contributed by atoms with van der Waals surface area (Å²) in [6.45, 7) is 12.2. The topological polar surface area (TPSA) is 9.23 Å². The van der Waals surface area contributed by atoms with Crippen molar-refractivity contribution in [2.75, 3.05) is 6.61 Å². The van der Waals surface area contributed by atoms with Gasteiger partial charge in [0.1, 0.15) is 0 Å². The molecule has 1 aliphatic carbocycles. The standard InChI is InChI=1S/C18H28O/c1-6-18(7-2)14(5)17(19-8-3)12-15-10-9-13(4)11-16(15)18/h9-11,14,17H,6-8,12H2,1-5H3. The van der Waals surface area contributed by atoms with E-state index in [0.717, 1.165) is 13.0 Å². The number of hydrogen-bond acceptors (Lipinski definition) is 1. The summed E-state index contributed by atoms with van der Waals surface area (Å²) in [7, 11) is 0. The highest BCUT2D eigenvalue weighted by atomic mass is 16.5. The number of benzene rings is 1. The Balaban J connectivity index is 2.53. The zero-order chi connectivity index (χ0) is 14.0. The van der Waals surface area contributed by atoms with Crippen LogP contribution in [0.5, 0.6) is 0 Å². The van der Waals surface area contributed by atoms with E-state index in [1.807, 2.05) is 0 Å². The van der Waals surface area contributed by atoms with E-state index < -0.39 is 0 Å². The summed E-state index contributed by atoms with van der Waals surface area (Å²) in [4.78, 5) is 0. The van der Waals surface area contributed by atoms with Crippen LogP contribution < -0.4 is 0 Å². The molecule has 0 spiro atoms. The molecule has 0 heterocycles. The van der Waals surface area contributed by atoms with E-state index >= 15 is 0 Å². The molecule has 19 heavy (non-hydrogen) atoms. The lowest BCUT2D eigenvalue weighted by molar-refractivity contribution is -0.0145. The van der Waals surface area contributed by atoms with Gasteiger partial charge in [-0.1, -0.05) is 44.5 Å². The Hall–Kier alpha value is -0.820. The van der Waals surface area contributed by atoms with Crippen molar-refractivity contribution in [3.05, 3.63) is 34.9 Å². The van der Waals surface area contributed by atoms with Gasteiger partial charge in [0, 0.05) is 12.0 Å². The molecule has 0 aliphatic heterocycles. The van der Waals surface area contributed by atoms with Gasteiger partial charge in [0.05, 0.1) is 6.10 Å². The maximum atomic E-state index is 6.04. The van der Waals surface area contributed by atoms with Crippen molar-refractivity contribution in [3.8, 4) is 0 Å². The second-order valence-corrected chi connectivity index (χ2v) is 6.01. The molecule has 0 aromatic heterocycles. The predicted molar refractivity (Wildman–Crippen MR) is 81.7 cm³/mol. The van der Waals surface area contributed by atoms with Crippen LogP contribution >= 0.6 is 0 Å². The number of hydrogen-bond donors (Lipinski definition) is 0. The summed E-state index contributed by atoms with van der Waals surface area (Å²) in [5, 5.41) is 0. The molecule has 0 saturated carbocycles. The van der Waals surface area contributed by atoms with Crippen molar-refractivity contribution in [2.45, 2.75) is 65.4 Å². The van der Waals surface area contributed by atoms with Gasteiger partial charge in [-0.05, 0) is 50.2 Å². The molecular weight excluding hydrogens is 232 g/mol. The average Bonchev–Trinajstić information content (AvgIpc) is 2.41. The molecule has 1 aromatic carbocycles. The fourth-order valence-corrected chi connectivity index (χ4v) is 4.02. The summed E-state index contributed by atoms with van der Waals surface area (Å²) >= 11 is 0. The molecule has 1 aromatic rings. The van der Waals surface area contributed by atoms with Crippen LogP contribution in [0.4, 0.5) is 0 Å². The first-order chi connectivity index (χ1) is 9.08. The lowest BCUT2D eigenvalue weighted by atomic mass is 9.60. The molecule has 1 heteroatoms. The molecule has 2 rings (SSSR count). The van der Waals surface area contributed by atoms with E-state index in [1.54, 1.807) is 5.56 Å². The van der Waals surface area contributed by atoms with E-state index in [1.165, 1.54) is 24.0 Å². The Morgan fingerprint density at radius 1 is 1.21 bits per heavy atom. The van der Waals surface area contributed by atoms with Gasteiger partial charge < -0.3 is 4.74 Å². The maximum Gasteiger partial charge on any atom is 0.0649 e. The lowest BCUT2D eigenvalue weighted by Crippen LogP contribution is -2.46. The third-order valence-electron chi connectivity index (χ3n) is 5.29. The third kappa shape index (κ3) is 2.33. The summed E-state index contributed by atoms with van der Waals surface area (Å²) in [5.41, 5.74) is 4.76. The van der Waals surface area contributed by atoms with Crippen LogP contribution in [0.2, 0.25) is 0 Å². The van der Waals surface area contributed by atoms with Crippen molar-refractivity contribution < 1.29 is 4.74 Å². The quantitative estimate of drug-likeness (QED) is 0.765. The van der Waals surface area contributed by atoms with E-state index in [2.05, 4.69) is 52.8 Å². The Bertz CT molecular complexity index is 431. The highest BCUT2D eigenvalue weighted by Crippen LogP contribution is 2.47. The van der Waals surface area contributed by atoms with Crippen molar-refractivity contribution in [1.29, 1.82) is 0 Å². The summed E-state index contributed by atoms with van der Waals surface area (Å²) < 4.78 is 6.04. The molecule has 0 bridgehead atoms. The van der Waals surface area contributed by atoms with E-state index in [9.17, 15) is 0 Å². The van der Waals surface area contributed by atoms with E-state index in [4.69, 9.17) is 4.74 Å². The highest BCUT2D eigenvalue weighted by Gasteiger charge is 2.44. The number of ether oxygens (including phenoxy) is 1. The minimum atomic E-state index is 0.291. The minimum Gasteiger partial charge on any atom is -0.378 e. The SMILES string of the molecule is CCOC1Cc2ccc(C)cc2C(CC)(CC)C1C. The van der Waals surface area contributed by atoms with Gasteiger partial charge in [0.2, 0.25) is 0 Å². The van der Waals surface area contributed by atoms with Gasteiger partial charge in [0.25, 0.3) is 0 Å². The molecule has 0 amide bonds. The molecule has 0 saturated heterocycles. The number of aryl methyl sites for hydroxylation is 1. The molecule has 0 radical (unpaired) electrons. The summed E-state index contributed by atoms with van der Waals surface area (Å²) in [6.07, 6.45) is 3.85. The van der Waals surface area contributed by atoms with Gasteiger partial charge in [0.15, 0.2) is 0 Å². The molecule has 1 aliphatic rings. The number of rotatable bonds is 4. The van der Waals surface area contributed by atoms with Crippen molar-refractivity contribution in [1.82, 2.24) is 0 Å². The third-order valence-corrected chi connectivity index (χ3v) is 5.29. The molecule has 2 unspecified atom stereocenters. The largest absolute Gasteiger partial charge is 0.378 e. The second-order valence-electron chi connectivity index (χ2n) is 6.01. The van der Waals surface area contributed by atoms with Crippen LogP contribution in [0.1, 0.15) is 57.2 Å². The molecule has 2 atom stereocenters. The van der Waals surface area contributed by atoms with Gasteiger partial charge >= 0.3 is 0 Å².